The van der Waals surface area contributed by atoms with Crippen molar-refractivity contribution in [2.75, 3.05) is 12.4 Å². The van der Waals surface area contributed by atoms with Crippen LogP contribution in [0.2, 0.25) is 0 Å². The average molecular weight is 310 g/mol. The van der Waals surface area contributed by atoms with Gasteiger partial charge in [-0.2, -0.15) is 0 Å². The summed E-state index contributed by atoms with van der Waals surface area (Å²) in [5.74, 6) is -1.30. The second-order valence-corrected chi connectivity index (χ2v) is 5.90. The van der Waals surface area contributed by atoms with Gasteiger partial charge in [0.15, 0.2) is 5.16 Å². The van der Waals surface area contributed by atoms with Crippen LogP contribution >= 0.6 is 11.8 Å². The van der Waals surface area contributed by atoms with Crippen molar-refractivity contribution in [2.24, 2.45) is 0 Å². The molecule has 1 fully saturated rings. The summed E-state index contributed by atoms with van der Waals surface area (Å²) in [6.45, 7) is 1.31. The number of hydrogen-bond donors (Lipinski definition) is 1. The first-order chi connectivity index (χ1) is 10.1. The van der Waals surface area contributed by atoms with Gasteiger partial charge in [0.1, 0.15) is 5.82 Å². The SMILES string of the molecule is O=C(O)CSc1nc2ccc(F)cc2n1CC1CCCO1. The van der Waals surface area contributed by atoms with Crippen LogP contribution in [0.25, 0.3) is 11.0 Å². The van der Waals surface area contributed by atoms with Gasteiger partial charge in [0.2, 0.25) is 0 Å². The highest BCUT2D eigenvalue weighted by molar-refractivity contribution is 7.99. The van der Waals surface area contributed by atoms with E-state index in [1.165, 1.54) is 12.1 Å². The number of carbonyl (C=O) groups is 1. The highest BCUT2D eigenvalue weighted by Crippen LogP contribution is 2.27. The van der Waals surface area contributed by atoms with Crippen LogP contribution < -0.4 is 0 Å². The van der Waals surface area contributed by atoms with Crippen LogP contribution in [0.3, 0.4) is 0 Å². The molecule has 0 radical (unpaired) electrons. The third-order valence-corrected chi connectivity index (χ3v) is 4.37. The molecule has 1 atom stereocenters. The van der Waals surface area contributed by atoms with E-state index in [0.717, 1.165) is 31.2 Å². The molecule has 1 aromatic carbocycles. The highest BCUT2D eigenvalue weighted by atomic mass is 32.2. The van der Waals surface area contributed by atoms with Crippen molar-refractivity contribution < 1.29 is 19.0 Å². The smallest absolute Gasteiger partial charge is 0.313 e. The number of benzene rings is 1. The monoisotopic (exact) mass is 310 g/mol. The van der Waals surface area contributed by atoms with Gasteiger partial charge in [0, 0.05) is 6.61 Å². The predicted octanol–water partition coefficient (Wildman–Crippen LogP) is 2.53. The molecule has 3 rings (SSSR count). The van der Waals surface area contributed by atoms with Crippen LogP contribution in [0.4, 0.5) is 4.39 Å². The van der Waals surface area contributed by atoms with Gasteiger partial charge in [0.05, 0.1) is 29.4 Å². The van der Waals surface area contributed by atoms with E-state index in [9.17, 15) is 9.18 Å². The Bertz CT molecular complexity index is 668. The molecule has 0 aliphatic carbocycles. The maximum atomic E-state index is 13.5. The minimum atomic E-state index is -0.901. The lowest BCUT2D eigenvalue weighted by molar-refractivity contribution is -0.133. The van der Waals surface area contributed by atoms with E-state index in [1.54, 1.807) is 6.07 Å². The predicted molar refractivity (Wildman–Crippen MR) is 77.0 cm³/mol. The fourth-order valence-corrected chi connectivity index (χ4v) is 3.22. The molecule has 1 aliphatic heterocycles. The van der Waals surface area contributed by atoms with Crippen molar-refractivity contribution in [1.82, 2.24) is 9.55 Å². The van der Waals surface area contributed by atoms with Crippen LogP contribution in [0.5, 0.6) is 0 Å². The Hall–Kier alpha value is -1.60. The fraction of sp³-hybridized carbons (Fsp3) is 0.429. The largest absolute Gasteiger partial charge is 0.481 e. The maximum absolute atomic E-state index is 13.5. The summed E-state index contributed by atoms with van der Waals surface area (Å²) in [4.78, 5) is 15.2. The summed E-state index contributed by atoms with van der Waals surface area (Å²) in [6.07, 6.45) is 2.05. The van der Waals surface area contributed by atoms with Crippen molar-refractivity contribution in [3.8, 4) is 0 Å². The Kier molecular flexibility index (Phi) is 4.12. The molecule has 0 saturated carbocycles. The molecule has 0 amide bonds. The number of fused-ring (bicyclic) bond motifs is 1. The normalized spacial score (nSPS) is 18.4. The van der Waals surface area contributed by atoms with Crippen molar-refractivity contribution >= 4 is 28.8 Å². The Morgan fingerprint density at radius 2 is 2.43 bits per heavy atom. The number of nitrogens with zero attached hydrogens (tertiary/aromatic N) is 2. The Balaban J connectivity index is 1.96. The zero-order valence-corrected chi connectivity index (χ0v) is 12.1. The van der Waals surface area contributed by atoms with E-state index in [4.69, 9.17) is 9.84 Å². The molecule has 21 heavy (non-hydrogen) atoms. The molecule has 0 bridgehead atoms. The number of aliphatic carboxylic acids is 1. The Morgan fingerprint density at radius 3 is 3.14 bits per heavy atom. The first-order valence-corrected chi connectivity index (χ1v) is 7.74. The fourth-order valence-electron chi connectivity index (χ4n) is 2.48. The summed E-state index contributed by atoms with van der Waals surface area (Å²) in [6, 6.07) is 4.40. The van der Waals surface area contributed by atoms with Crippen LogP contribution in [-0.2, 0) is 16.1 Å². The Morgan fingerprint density at radius 1 is 1.57 bits per heavy atom. The van der Waals surface area contributed by atoms with Gasteiger partial charge in [-0.25, -0.2) is 9.37 Å². The number of aromatic nitrogens is 2. The van der Waals surface area contributed by atoms with Gasteiger partial charge < -0.3 is 14.4 Å². The summed E-state index contributed by atoms with van der Waals surface area (Å²) in [5, 5.41) is 9.42. The number of thioether (sulfide) groups is 1. The molecule has 0 spiro atoms. The lowest BCUT2D eigenvalue weighted by Crippen LogP contribution is -2.16. The number of rotatable bonds is 5. The molecular weight excluding hydrogens is 295 g/mol. The van der Waals surface area contributed by atoms with E-state index in [2.05, 4.69) is 4.98 Å². The lowest BCUT2D eigenvalue weighted by atomic mass is 10.2. The van der Waals surface area contributed by atoms with Gasteiger partial charge in [-0.3, -0.25) is 4.79 Å². The molecule has 1 aromatic heterocycles. The Labute approximate surface area is 125 Å². The second-order valence-electron chi connectivity index (χ2n) is 4.96. The molecular formula is C14H15FN2O3S. The number of halogens is 1. The van der Waals surface area contributed by atoms with E-state index in [0.29, 0.717) is 22.7 Å². The van der Waals surface area contributed by atoms with Crippen LogP contribution in [0.15, 0.2) is 23.4 Å². The van der Waals surface area contributed by atoms with Crippen molar-refractivity contribution in [1.29, 1.82) is 0 Å². The molecule has 112 valence electrons. The number of imidazole rings is 1. The topological polar surface area (TPSA) is 64.3 Å². The summed E-state index contributed by atoms with van der Waals surface area (Å²) in [7, 11) is 0. The molecule has 1 saturated heterocycles. The van der Waals surface area contributed by atoms with Gasteiger partial charge >= 0.3 is 5.97 Å². The van der Waals surface area contributed by atoms with Gasteiger partial charge in [0.25, 0.3) is 0 Å². The maximum Gasteiger partial charge on any atom is 0.313 e. The zero-order chi connectivity index (χ0) is 14.8. The minimum absolute atomic E-state index is 0.0721. The summed E-state index contributed by atoms with van der Waals surface area (Å²) < 4.78 is 21.0. The molecule has 1 N–H and O–H groups in total. The van der Waals surface area contributed by atoms with Crippen LogP contribution in [0, 0.1) is 5.82 Å². The summed E-state index contributed by atoms with van der Waals surface area (Å²) in [5.41, 5.74) is 1.35. The van der Waals surface area contributed by atoms with Crippen molar-refractivity contribution in [3.63, 3.8) is 0 Å². The lowest BCUT2D eigenvalue weighted by Gasteiger charge is -2.13. The number of carboxylic acids is 1. The van der Waals surface area contributed by atoms with E-state index >= 15 is 0 Å². The number of ether oxygens (including phenoxy) is 1. The molecule has 1 aliphatic rings. The third kappa shape index (κ3) is 3.19. The van der Waals surface area contributed by atoms with Crippen LogP contribution in [0.1, 0.15) is 12.8 Å². The number of hydrogen-bond acceptors (Lipinski definition) is 4. The molecule has 5 nitrogen and oxygen atoms in total. The molecule has 2 heterocycles. The summed E-state index contributed by atoms with van der Waals surface area (Å²) >= 11 is 1.14. The first-order valence-electron chi connectivity index (χ1n) is 6.75. The third-order valence-electron chi connectivity index (χ3n) is 3.41. The van der Waals surface area contributed by atoms with Crippen LogP contribution in [-0.4, -0.2) is 39.1 Å². The van der Waals surface area contributed by atoms with Gasteiger partial charge in [-0.1, -0.05) is 11.8 Å². The first kappa shape index (κ1) is 14.3. The van der Waals surface area contributed by atoms with Gasteiger partial charge in [-0.05, 0) is 31.0 Å². The molecule has 1 unspecified atom stereocenters. The van der Waals surface area contributed by atoms with E-state index < -0.39 is 5.97 Å². The highest BCUT2D eigenvalue weighted by Gasteiger charge is 2.20. The van der Waals surface area contributed by atoms with Gasteiger partial charge in [-0.15, -0.1) is 0 Å². The standard InChI is InChI=1S/C14H15FN2O3S/c15-9-3-4-11-12(6-9)17(7-10-2-1-5-20-10)14(16-11)21-8-13(18)19/h3-4,6,10H,1-2,5,7-8H2,(H,18,19). The van der Waals surface area contributed by atoms with E-state index in [-0.39, 0.29) is 17.7 Å². The zero-order valence-electron chi connectivity index (χ0n) is 11.3. The molecule has 2 aromatic rings. The van der Waals surface area contributed by atoms with Crippen molar-refractivity contribution in [2.45, 2.75) is 30.6 Å². The van der Waals surface area contributed by atoms with E-state index in [1.807, 2.05) is 4.57 Å². The van der Waals surface area contributed by atoms with Crippen molar-refractivity contribution in [3.05, 3.63) is 24.0 Å². The minimum Gasteiger partial charge on any atom is -0.481 e. The molecule has 7 heteroatoms. The average Bonchev–Trinajstić information content (AvgIpc) is 3.06. The number of carboxylic acid groups (broad SMARTS) is 1. The second kappa shape index (κ2) is 6.03. The quantitative estimate of drug-likeness (QED) is 0.860.